The summed E-state index contributed by atoms with van der Waals surface area (Å²) >= 11 is 0. The Morgan fingerprint density at radius 3 is 2.58 bits per heavy atom. The van der Waals surface area contributed by atoms with Crippen LogP contribution in [0.3, 0.4) is 0 Å². The van der Waals surface area contributed by atoms with Crippen molar-refractivity contribution >= 4 is 5.91 Å². The molecule has 3 N–H and O–H groups in total. The molecule has 6 nitrogen and oxygen atoms in total. The molecule has 1 amide bonds. The molecule has 1 aliphatic heterocycles. The average Bonchev–Trinajstić information content (AvgIpc) is 2.67. The fraction of sp³-hybridized carbons (Fsp3) is 0.650. The highest BCUT2D eigenvalue weighted by Crippen LogP contribution is 2.50. The second-order valence-corrected chi connectivity index (χ2v) is 7.27. The second kappa shape index (κ2) is 8.37. The first-order chi connectivity index (χ1) is 12.6. The van der Waals surface area contributed by atoms with Crippen LogP contribution in [0.5, 0.6) is 5.75 Å². The van der Waals surface area contributed by atoms with Gasteiger partial charge in [-0.2, -0.15) is 0 Å². The first-order valence-electron chi connectivity index (χ1n) is 9.58. The summed E-state index contributed by atoms with van der Waals surface area (Å²) in [6.45, 7) is 4.96. The molecule has 2 atom stereocenters. The number of likely N-dealkylation sites (tertiary alicyclic amines) is 1. The lowest BCUT2D eigenvalue weighted by Gasteiger charge is -2.56. The van der Waals surface area contributed by atoms with Crippen molar-refractivity contribution in [1.82, 2.24) is 4.90 Å². The van der Waals surface area contributed by atoms with E-state index in [2.05, 4.69) is 0 Å². The van der Waals surface area contributed by atoms with Crippen molar-refractivity contribution in [3.63, 3.8) is 0 Å². The summed E-state index contributed by atoms with van der Waals surface area (Å²) in [7, 11) is 0. The van der Waals surface area contributed by atoms with Crippen molar-refractivity contribution in [2.75, 3.05) is 32.8 Å². The smallest absolute Gasteiger partial charge is 0.226 e. The topological polar surface area (TPSA) is 85.0 Å². The van der Waals surface area contributed by atoms with Gasteiger partial charge in [0.25, 0.3) is 0 Å². The Morgan fingerprint density at radius 2 is 2.00 bits per heavy atom. The van der Waals surface area contributed by atoms with E-state index in [1.807, 2.05) is 36.1 Å². The lowest BCUT2D eigenvalue weighted by molar-refractivity contribution is -0.210. The van der Waals surface area contributed by atoms with Gasteiger partial charge in [-0.05, 0) is 37.5 Å². The molecule has 3 rings (SSSR count). The average molecular weight is 362 g/mol. The van der Waals surface area contributed by atoms with E-state index in [9.17, 15) is 9.90 Å². The van der Waals surface area contributed by atoms with E-state index in [-0.39, 0.29) is 23.5 Å². The zero-order valence-corrected chi connectivity index (χ0v) is 15.5. The lowest BCUT2D eigenvalue weighted by atomic mass is 9.58. The van der Waals surface area contributed by atoms with Crippen LogP contribution in [0.15, 0.2) is 24.3 Å². The Morgan fingerprint density at radius 1 is 1.31 bits per heavy atom. The molecule has 144 valence electrons. The van der Waals surface area contributed by atoms with Gasteiger partial charge >= 0.3 is 0 Å². The van der Waals surface area contributed by atoms with Gasteiger partial charge in [0.15, 0.2) is 0 Å². The minimum Gasteiger partial charge on any atom is -0.494 e. The molecule has 0 bridgehead atoms. The maximum Gasteiger partial charge on any atom is 0.226 e. The number of aliphatic hydroxyl groups is 1. The molecule has 1 aliphatic carbocycles. The van der Waals surface area contributed by atoms with Crippen molar-refractivity contribution < 1.29 is 19.4 Å². The normalized spacial score (nSPS) is 24.3. The molecule has 2 aliphatic rings. The number of piperidine rings is 1. The summed E-state index contributed by atoms with van der Waals surface area (Å²) in [6, 6.07) is 7.70. The quantitative estimate of drug-likeness (QED) is 0.765. The number of carbonyl (C=O) groups is 1. The third kappa shape index (κ3) is 3.87. The highest BCUT2D eigenvalue weighted by Gasteiger charge is 2.56. The zero-order chi connectivity index (χ0) is 18.6. The van der Waals surface area contributed by atoms with E-state index in [4.69, 9.17) is 15.2 Å². The van der Waals surface area contributed by atoms with Gasteiger partial charge in [-0.15, -0.1) is 0 Å². The first-order valence-corrected chi connectivity index (χ1v) is 9.58. The molecule has 0 unspecified atom stereocenters. The summed E-state index contributed by atoms with van der Waals surface area (Å²) in [4.78, 5) is 14.5. The maximum atomic E-state index is 12.6. The van der Waals surface area contributed by atoms with Gasteiger partial charge in [-0.1, -0.05) is 12.1 Å². The van der Waals surface area contributed by atoms with Crippen molar-refractivity contribution in [3.8, 4) is 5.75 Å². The van der Waals surface area contributed by atoms with Gasteiger partial charge in [0, 0.05) is 31.5 Å². The highest BCUT2D eigenvalue weighted by molar-refractivity contribution is 5.79. The molecule has 6 heteroatoms. The van der Waals surface area contributed by atoms with Crippen molar-refractivity contribution in [1.29, 1.82) is 0 Å². The summed E-state index contributed by atoms with van der Waals surface area (Å²) in [6.07, 6.45) is 2.41. The molecular formula is C20H30N2O4. The van der Waals surface area contributed by atoms with E-state index in [0.29, 0.717) is 45.7 Å². The maximum absolute atomic E-state index is 12.6. The molecule has 1 saturated carbocycles. The Bertz CT molecular complexity index is 596. The Kier molecular flexibility index (Phi) is 6.16. The van der Waals surface area contributed by atoms with Gasteiger partial charge in [0.05, 0.1) is 31.8 Å². The fourth-order valence-electron chi connectivity index (χ4n) is 4.15. The number of amides is 1. The van der Waals surface area contributed by atoms with Crippen LogP contribution >= 0.6 is 0 Å². The van der Waals surface area contributed by atoms with Crippen LogP contribution in [-0.2, 0) is 16.0 Å². The Labute approximate surface area is 155 Å². The lowest BCUT2D eigenvalue weighted by Crippen LogP contribution is -2.63. The minimum atomic E-state index is -0.325. The third-order valence-corrected chi connectivity index (χ3v) is 5.82. The predicted molar refractivity (Wildman–Crippen MR) is 99.0 cm³/mol. The highest BCUT2D eigenvalue weighted by atomic mass is 16.5. The molecule has 0 aromatic heterocycles. The van der Waals surface area contributed by atoms with Gasteiger partial charge in [0.1, 0.15) is 5.75 Å². The third-order valence-electron chi connectivity index (χ3n) is 5.82. The molecule has 1 spiro atoms. The number of hydrogen-bond donors (Lipinski definition) is 2. The molecule has 2 fully saturated rings. The largest absolute Gasteiger partial charge is 0.494 e. The van der Waals surface area contributed by atoms with E-state index in [1.54, 1.807) is 0 Å². The second-order valence-electron chi connectivity index (χ2n) is 7.27. The number of rotatable bonds is 7. The summed E-state index contributed by atoms with van der Waals surface area (Å²) in [5.74, 6) is 0.961. The molecular weight excluding hydrogens is 332 g/mol. The molecule has 0 radical (unpaired) electrons. The number of nitrogens with two attached hydrogens (primary N) is 1. The molecule has 26 heavy (non-hydrogen) atoms. The number of ether oxygens (including phenoxy) is 2. The van der Waals surface area contributed by atoms with Crippen LogP contribution in [-0.4, -0.2) is 61.0 Å². The number of benzene rings is 1. The fourth-order valence-corrected chi connectivity index (χ4v) is 4.15. The number of nitrogens with zero attached hydrogens (tertiary/aromatic N) is 1. The van der Waals surface area contributed by atoms with Crippen LogP contribution in [0, 0.1) is 5.41 Å². The molecule has 1 aromatic carbocycles. The monoisotopic (exact) mass is 362 g/mol. The number of carbonyl (C=O) groups excluding carboxylic acids is 1. The van der Waals surface area contributed by atoms with Crippen molar-refractivity contribution in [2.24, 2.45) is 11.1 Å². The first kappa shape index (κ1) is 19.1. The molecule has 1 aromatic rings. The van der Waals surface area contributed by atoms with Gasteiger partial charge in [-0.3, -0.25) is 4.79 Å². The molecule has 1 heterocycles. The van der Waals surface area contributed by atoms with E-state index in [0.717, 1.165) is 24.2 Å². The van der Waals surface area contributed by atoms with Crippen LogP contribution in [0.25, 0.3) is 0 Å². The summed E-state index contributed by atoms with van der Waals surface area (Å²) in [5, 5.41) is 10.3. The van der Waals surface area contributed by atoms with Crippen LogP contribution < -0.4 is 10.5 Å². The van der Waals surface area contributed by atoms with E-state index >= 15 is 0 Å². The van der Waals surface area contributed by atoms with Crippen LogP contribution in [0.1, 0.15) is 31.7 Å². The Balaban J connectivity index is 1.52. The standard InChI is InChI=1S/C20H30N2O4/c1-2-25-16-5-3-15(4-6-16)13-19(24)22-10-7-20(8-11-22)17(23)14-18(20)26-12-9-21/h3-6,17-18,23H,2,7-14,21H2,1H3/t17-,18+/m0/s1. The minimum absolute atomic E-state index is 0.0735. The van der Waals surface area contributed by atoms with Crippen LogP contribution in [0.2, 0.25) is 0 Å². The van der Waals surface area contributed by atoms with Crippen molar-refractivity contribution in [3.05, 3.63) is 29.8 Å². The number of hydrogen-bond acceptors (Lipinski definition) is 5. The SMILES string of the molecule is CCOc1ccc(CC(=O)N2CCC3(CC2)[C@@H](O)C[C@H]3OCCN)cc1. The predicted octanol–water partition coefficient (Wildman–Crippen LogP) is 1.35. The van der Waals surface area contributed by atoms with Gasteiger partial charge < -0.3 is 25.2 Å². The zero-order valence-electron chi connectivity index (χ0n) is 15.5. The van der Waals surface area contributed by atoms with Crippen molar-refractivity contribution in [2.45, 2.75) is 44.8 Å². The van der Waals surface area contributed by atoms with Gasteiger partial charge in [-0.25, -0.2) is 0 Å². The van der Waals surface area contributed by atoms with E-state index in [1.165, 1.54) is 0 Å². The van der Waals surface area contributed by atoms with Crippen LogP contribution in [0.4, 0.5) is 0 Å². The number of aliphatic hydroxyl groups excluding tert-OH is 1. The summed E-state index contributed by atoms with van der Waals surface area (Å²) in [5.41, 5.74) is 6.32. The van der Waals surface area contributed by atoms with E-state index < -0.39 is 0 Å². The Hall–Kier alpha value is -1.63. The molecule has 1 saturated heterocycles. The van der Waals surface area contributed by atoms with Gasteiger partial charge in [0.2, 0.25) is 5.91 Å². The summed E-state index contributed by atoms with van der Waals surface area (Å²) < 4.78 is 11.2.